The van der Waals surface area contributed by atoms with E-state index in [2.05, 4.69) is 9.24 Å². The number of hydrogen-bond acceptors (Lipinski definition) is 2. The molecule has 9 heavy (non-hydrogen) atoms. The van der Waals surface area contributed by atoms with E-state index in [1.165, 1.54) is 0 Å². The Balaban J connectivity index is 3.15. The van der Waals surface area contributed by atoms with Crippen molar-refractivity contribution in [2.45, 2.75) is 6.92 Å². The van der Waals surface area contributed by atoms with Crippen LogP contribution in [0.4, 0.5) is 0 Å². The number of hydrogen-bond donors (Lipinski definition) is 0. The van der Waals surface area contributed by atoms with Crippen molar-refractivity contribution >= 4 is 31.5 Å². The van der Waals surface area contributed by atoms with Crippen LogP contribution in [0.2, 0.25) is 0 Å². The highest BCUT2D eigenvalue weighted by molar-refractivity contribution is 7.43. The van der Waals surface area contributed by atoms with E-state index < -0.39 is 0 Å². The second-order valence-electron chi connectivity index (χ2n) is 1.78. The van der Waals surface area contributed by atoms with Crippen LogP contribution < -0.4 is 4.62 Å². The minimum absolute atomic E-state index is 0.810. The highest BCUT2D eigenvalue weighted by Gasteiger charge is 1.98. The molecular formula is C6H7OPS. The van der Waals surface area contributed by atoms with Crippen LogP contribution in [-0.2, 0) is 0 Å². The smallest absolute Gasteiger partial charge is 0.151 e. The lowest BCUT2D eigenvalue weighted by Crippen LogP contribution is -1.77. The van der Waals surface area contributed by atoms with Crippen molar-refractivity contribution < 1.29 is 4.79 Å². The summed E-state index contributed by atoms with van der Waals surface area (Å²) in [5.41, 5.74) is 0.810. The van der Waals surface area contributed by atoms with Crippen LogP contribution in [0.1, 0.15) is 15.2 Å². The van der Waals surface area contributed by atoms with E-state index >= 15 is 0 Å². The summed E-state index contributed by atoms with van der Waals surface area (Å²) < 4.78 is 1.12. The first-order chi connectivity index (χ1) is 4.24. The van der Waals surface area contributed by atoms with Gasteiger partial charge >= 0.3 is 0 Å². The Morgan fingerprint density at radius 2 is 2.44 bits per heavy atom. The third-order valence-corrected chi connectivity index (χ3v) is 2.52. The molecule has 0 aliphatic carbocycles. The van der Waals surface area contributed by atoms with Gasteiger partial charge in [0.2, 0.25) is 0 Å². The van der Waals surface area contributed by atoms with Crippen LogP contribution >= 0.6 is 20.6 Å². The second kappa shape index (κ2) is 2.59. The van der Waals surface area contributed by atoms with Crippen molar-refractivity contribution in [2.75, 3.05) is 0 Å². The molecule has 0 radical (unpaired) electrons. The van der Waals surface area contributed by atoms with Gasteiger partial charge < -0.3 is 0 Å². The summed E-state index contributed by atoms with van der Waals surface area (Å²) in [5.74, 6) is 0. The molecule has 48 valence electrons. The monoisotopic (exact) mass is 158 g/mol. The Morgan fingerprint density at radius 3 is 2.67 bits per heavy atom. The maximum Gasteiger partial charge on any atom is 0.151 e. The predicted molar refractivity (Wildman–Crippen MR) is 43.8 cm³/mol. The number of carbonyl (C=O) groups excluding carboxylic acids is 1. The predicted octanol–water partition coefficient (Wildman–Crippen LogP) is 1.37. The molecule has 0 aliphatic heterocycles. The second-order valence-corrected chi connectivity index (χ2v) is 4.11. The lowest BCUT2D eigenvalue weighted by Gasteiger charge is -1.79. The summed E-state index contributed by atoms with van der Waals surface area (Å²) in [4.78, 5) is 11.3. The van der Waals surface area contributed by atoms with Crippen molar-refractivity contribution in [3.8, 4) is 0 Å². The van der Waals surface area contributed by atoms with E-state index in [0.717, 1.165) is 21.3 Å². The zero-order valence-corrected chi connectivity index (χ0v) is 7.02. The number of aryl methyl sites for hydroxylation is 1. The molecule has 0 N–H and O–H groups in total. The summed E-state index contributed by atoms with van der Waals surface area (Å²) in [6.07, 6.45) is 0.888. The summed E-state index contributed by atoms with van der Waals surface area (Å²) in [6, 6.07) is 1.87. The molecule has 0 fully saturated rings. The Hall–Kier alpha value is -0.200. The van der Waals surface area contributed by atoms with Gasteiger partial charge in [-0.25, -0.2) is 0 Å². The van der Waals surface area contributed by atoms with Crippen LogP contribution in [-0.4, -0.2) is 6.29 Å². The van der Waals surface area contributed by atoms with Gasteiger partial charge in [0.15, 0.2) is 6.29 Å². The molecule has 0 aromatic carbocycles. The van der Waals surface area contributed by atoms with Gasteiger partial charge in [0.1, 0.15) is 0 Å². The first-order valence-corrected chi connectivity index (χ1v) is 3.94. The quantitative estimate of drug-likeness (QED) is 0.445. The zero-order chi connectivity index (χ0) is 6.85. The van der Waals surface area contributed by atoms with Crippen LogP contribution in [0.15, 0.2) is 6.07 Å². The fourth-order valence-corrected chi connectivity index (χ4v) is 2.11. The van der Waals surface area contributed by atoms with Gasteiger partial charge in [0.25, 0.3) is 0 Å². The Labute approximate surface area is 60.3 Å². The highest BCUT2D eigenvalue weighted by atomic mass is 32.1. The van der Waals surface area contributed by atoms with Gasteiger partial charge in [-0.05, 0) is 13.0 Å². The van der Waals surface area contributed by atoms with Gasteiger partial charge in [-0.3, -0.25) is 4.79 Å². The average Bonchev–Trinajstić information content (AvgIpc) is 2.10. The molecule has 1 atom stereocenters. The third-order valence-electron chi connectivity index (χ3n) is 1.10. The topological polar surface area (TPSA) is 17.1 Å². The van der Waals surface area contributed by atoms with Gasteiger partial charge in [-0.1, -0.05) is 9.24 Å². The van der Waals surface area contributed by atoms with Gasteiger partial charge in [-0.2, -0.15) is 0 Å². The SMILES string of the molecule is Cc1sc(P)cc1C=O. The molecule has 1 unspecified atom stereocenters. The minimum atomic E-state index is 0.810. The van der Waals surface area contributed by atoms with Crippen molar-refractivity contribution in [3.05, 3.63) is 16.5 Å². The first-order valence-electron chi connectivity index (χ1n) is 2.55. The summed E-state index contributed by atoms with van der Waals surface area (Å²) in [5, 5.41) is 0. The zero-order valence-electron chi connectivity index (χ0n) is 5.05. The Kier molecular flexibility index (Phi) is 1.99. The van der Waals surface area contributed by atoms with Gasteiger partial charge in [0, 0.05) is 15.1 Å². The van der Waals surface area contributed by atoms with Crippen LogP contribution in [0.5, 0.6) is 0 Å². The lowest BCUT2D eigenvalue weighted by molar-refractivity contribution is 0.112. The molecule has 0 bridgehead atoms. The molecule has 1 aromatic heterocycles. The van der Waals surface area contributed by atoms with Crippen molar-refractivity contribution in [2.24, 2.45) is 0 Å². The maximum absolute atomic E-state index is 10.2. The largest absolute Gasteiger partial charge is 0.298 e. The maximum atomic E-state index is 10.2. The van der Waals surface area contributed by atoms with Crippen molar-refractivity contribution in [3.63, 3.8) is 0 Å². The van der Waals surface area contributed by atoms with Gasteiger partial charge in [0.05, 0.1) is 0 Å². The third kappa shape index (κ3) is 1.38. The molecule has 1 aromatic rings. The lowest BCUT2D eigenvalue weighted by atomic mass is 10.3. The van der Waals surface area contributed by atoms with Crippen LogP contribution in [0.25, 0.3) is 0 Å². The minimum Gasteiger partial charge on any atom is -0.298 e. The van der Waals surface area contributed by atoms with Crippen molar-refractivity contribution in [1.82, 2.24) is 0 Å². The molecule has 1 rings (SSSR count). The fraction of sp³-hybridized carbons (Fsp3) is 0.167. The molecular weight excluding hydrogens is 151 g/mol. The standard InChI is InChI=1S/C6H7OPS/c1-4-5(3-7)2-6(8)9-4/h2-3H,8H2,1H3. The summed E-state index contributed by atoms with van der Waals surface area (Å²) in [6.45, 7) is 1.95. The molecule has 0 amide bonds. The Morgan fingerprint density at radius 1 is 1.78 bits per heavy atom. The molecule has 1 nitrogen and oxygen atoms in total. The Bertz CT molecular complexity index is 229. The number of carbonyl (C=O) groups is 1. The van der Waals surface area contributed by atoms with Gasteiger partial charge in [-0.15, -0.1) is 11.3 Å². The summed E-state index contributed by atoms with van der Waals surface area (Å²) in [7, 11) is 2.57. The van der Waals surface area contributed by atoms with E-state index in [9.17, 15) is 4.79 Å². The molecule has 1 heterocycles. The normalized spacial score (nSPS) is 9.56. The molecule has 3 heteroatoms. The molecule has 0 saturated carbocycles. The fourth-order valence-electron chi connectivity index (χ4n) is 0.637. The van der Waals surface area contributed by atoms with Crippen molar-refractivity contribution in [1.29, 1.82) is 0 Å². The highest BCUT2D eigenvalue weighted by Crippen LogP contribution is 2.12. The van der Waals surface area contributed by atoms with E-state index in [-0.39, 0.29) is 0 Å². The molecule has 0 spiro atoms. The first kappa shape index (κ1) is 6.91. The van der Waals surface area contributed by atoms with E-state index in [0.29, 0.717) is 0 Å². The molecule has 0 aliphatic rings. The van der Waals surface area contributed by atoms with E-state index in [1.54, 1.807) is 11.3 Å². The average molecular weight is 158 g/mol. The molecule has 0 saturated heterocycles. The number of rotatable bonds is 1. The number of thiophene rings is 1. The van der Waals surface area contributed by atoms with Crippen LogP contribution in [0.3, 0.4) is 0 Å². The number of aldehydes is 1. The van der Waals surface area contributed by atoms with E-state index in [4.69, 9.17) is 0 Å². The van der Waals surface area contributed by atoms with E-state index in [1.807, 2.05) is 13.0 Å². The van der Waals surface area contributed by atoms with Crippen LogP contribution in [0, 0.1) is 6.92 Å². The summed E-state index contributed by atoms with van der Waals surface area (Å²) >= 11 is 1.63.